The molecule has 4 amide bonds. The van der Waals surface area contributed by atoms with E-state index in [9.17, 15) is 32.3 Å². The van der Waals surface area contributed by atoms with Gasteiger partial charge in [0.1, 0.15) is 18.0 Å². The second-order valence-electron chi connectivity index (χ2n) is 11.2. The van der Waals surface area contributed by atoms with Crippen molar-refractivity contribution >= 4 is 35.2 Å². The molecule has 2 unspecified atom stereocenters. The van der Waals surface area contributed by atoms with Gasteiger partial charge in [-0.3, -0.25) is 4.79 Å². The van der Waals surface area contributed by atoms with Crippen LogP contribution < -0.4 is 20.1 Å². The Balaban J connectivity index is 1.52. The first-order valence-corrected chi connectivity index (χ1v) is 14.6. The molecule has 1 aliphatic heterocycles. The van der Waals surface area contributed by atoms with Crippen molar-refractivity contribution in [3.63, 3.8) is 0 Å². The van der Waals surface area contributed by atoms with Crippen molar-refractivity contribution in [2.75, 3.05) is 51.7 Å². The summed E-state index contributed by atoms with van der Waals surface area (Å²) in [6.45, 7) is 1.65. The van der Waals surface area contributed by atoms with Crippen LogP contribution in [0.25, 0.3) is 0 Å². The van der Waals surface area contributed by atoms with Gasteiger partial charge in [0.25, 0.3) is 0 Å². The fraction of sp³-hybridized carbons (Fsp3) is 0.333. The molecular weight excluding hydrogens is 621 g/mol. The van der Waals surface area contributed by atoms with Crippen LogP contribution in [-0.2, 0) is 20.7 Å². The molecule has 0 bridgehead atoms. The molecule has 0 radical (unpaired) electrons. The van der Waals surface area contributed by atoms with Crippen molar-refractivity contribution in [3.05, 3.63) is 83.4 Å². The minimum atomic E-state index is -5.06. The maximum atomic E-state index is 14.0. The minimum absolute atomic E-state index is 0.104. The molecule has 1 heterocycles. The van der Waals surface area contributed by atoms with E-state index in [1.54, 1.807) is 30.3 Å². The van der Waals surface area contributed by atoms with E-state index >= 15 is 0 Å². The third-order valence-electron chi connectivity index (χ3n) is 8.11. The summed E-state index contributed by atoms with van der Waals surface area (Å²) in [7, 11) is 3.74. The number of para-hydroxylation sites is 1. The molecule has 2 atom stereocenters. The van der Waals surface area contributed by atoms with Crippen LogP contribution in [0, 0.1) is 6.92 Å². The fourth-order valence-electron chi connectivity index (χ4n) is 5.36. The lowest BCUT2D eigenvalue weighted by Gasteiger charge is -2.32. The van der Waals surface area contributed by atoms with Gasteiger partial charge < -0.3 is 29.7 Å². The topological polar surface area (TPSA) is 123 Å². The van der Waals surface area contributed by atoms with Crippen molar-refractivity contribution in [1.82, 2.24) is 4.90 Å². The van der Waals surface area contributed by atoms with Gasteiger partial charge in [-0.05, 0) is 60.5 Å². The molecule has 0 aromatic heterocycles. The summed E-state index contributed by atoms with van der Waals surface area (Å²) < 4.78 is 55.4. The Morgan fingerprint density at radius 1 is 0.957 bits per heavy atom. The first-order valence-electron chi connectivity index (χ1n) is 14.6. The highest BCUT2D eigenvalue weighted by atomic mass is 19.4. The Hall–Kier alpha value is -5.11. The molecule has 47 heavy (non-hydrogen) atoms. The second kappa shape index (κ2) is 14.5. The zero-order valence-electron chi connectivity index (χ0n) is 26.3. The van der Waals surface area contributed by atoms with Gasteiger partial charge in [0.05, 0.1) is 44.5 Å². The number of hydrogen-bond acceptors (Lipinski definition) is 7. The molecule has 1 saturated heterocycles. The smallest absolute Gasteiger partial charge is 0.471 e. The molecule has 11 nitrogen and oxygen atoms in total. The molecule has 1 aliphatic rings. The van der Waals surface area contributed by atoms with E-state index in [0.29, 0.717) is 33.3 Å². The molecule has 3 aromatic carbocycles. The highest BCUT2D eigenvalue weighted by molar-refractivity contribution is 6.01. The summed E-state index contributed by atoms with van der Waals surface area (Å²) >= 11 is 0. The van der Waals surface area contributed by atoms with Crippen LogP contribution in [0.3, 0.4) is 0 Å². The van der Waals surface area contributed by atoms with Crippen LogP contribution in [0.4, 0.5) is 29.3 Å². The third kappa shape index (κ3) is 8.38. The van der Waals surface area contributed by atoms with Gasteiger partial charge in [-0.25, -0.2) is 18.9 Å². The van der Waals surface area contributed by atoms with E-state index < -0.39 is 30.1 Å². The molecule has 0 saturated carbocycles. The number of urea groups is 1. The molecule has 14 heteroatoms. The number of anilines is 2. The number of benzene rings is 3. The number of likely N-dealkylation sites (N-methyl/N-ethyl adjacent to an activating group) is 1. The number of nitrogens with zero attached hydrogens (tertiary/aromatic N) is 2. The van der Waals surface area contributed by atoms with Crippen LogP contribution in [0.5, 0.6) is 11.5 Å². The quantitative estimate of drug-likeness (QED) is 0.228. The number of rotatable bonds is 10. The van der Waals surface area contributed by atoms with Crippen LogP contribution in [-0.4, -0.2) is 86.5 Å². The molecule has 2 N–H and O–H groups in total. The zero-order valence-corrected chi connectivity index (χ0v) is 26.3. The van der Waals surface area contributed by atoms with E-state index in [-0.39, 0.29) is 48.6 Å². The number of aryl methyl sites for hydroxylation is 1. The number of alkyl halides is 3. The Bertz CT molecular complexity index is 1630. The summed E-state index contributed by atoms with van der Waals surface area (Å²) in [6.07, 6.45) is -5.06. The second-order valence-corrected chi connectivity index (χ2v) is 11.2. The Labute approximate surface area is 269 Å². The fourth-order valence-corrected chi connectivity index (χ4v) is 5.36. The van der Waals surface area contributed by atoms with Crippen LogP contribution >= 0.6 is 0 Å². The normalized spacial score (nSPS) is 17.4. The number of quaternary nitrogens is 1. The summed E-state index contributed by atoms with van der Waals surface area (Å²) in [5, 5.41) is 5.50. The zero-order chi connectivity index (χ0) is 34.4. The number of nitrogens with one attached hydrogen (secondary N) is 2. The summed E-state index contributed by atoms with van der Waals surface area (Å²) in [5.41, 5.74) is 2.67. The van der Waals surface area contributed by atoms with Crippen molar-refractivity contribution in [1.29, 1.82) is 0 Å². The summed E-state index contributed by atoms with van der Waals surface area (Å²) in [4.78, 5) is 51.0. The first kappa shape index (κ1) is 34.8. The highest BCUT2D eigenvalue weighted by Crippen LogP contribution is 2.31. The van der Waals surface area contributed by atoms with Gasteiger partial charge in [0.2, 0.25) is 6.73 Å². The van der Waals surface area contributed by atoms with Gasteiger partial charge >= 0.3 is 30.0 Å². The monoisotopic (exact) mass is 657 g/mol. The van der Waals surface area contributed by atoms with Gasteiger partial charge in [0.15, 0.2) is 0 Å². The number of ether oxygens (including phenoxy) is 3. The average Bonchev–Trinajstić information content (AvgIpc) is 3.50. The predicted molar refractivity (Wildman–Crippen MR) is 166 cm³/mol. The molecule has 0 spiro atoms. The Kier molecular flexibility index (Phi) is 10.8. The standard InChI is InChI=1S/C33H35F3N4O7/c1-21-7-5-6-8-26(21)37-32(44)38-27-14-9-22(17-28(27)45-3)18-29(41)40(16-15-24(19-40)39(2)31(43)33(34,35)36)20-47-25-12-10-23(11-13-25)30(42)46-4/h5-14,17,24H,15-16,18-20H2,1-4H3,(H-,37,38,44)/p+1. The number of amides is 4. The van der Waals surface area contributed by atoms with Crippen LogP contribution in [0.2, 0.25) is 0 Å². The first-order chi connectivity index (χ1) is 22.3. The number of carbonyl (C=O) groups excluding carboxylic acids is 4. The molecule has 1 fully saturated rings. The van der Waals surface area contributed by atoms with Crippen molar-refractivity contribution in [2.24, 2.45) is 0 Å². The van der Waals surface area contributed by atoms with Gasteiger partial charge in [-0.1, -0.05) is 24.3 Å². The maximum absolute atomic E-state index is 14.0. The molecule has 0 aliphatic carbocycles. The number of halogens is 3. The van der Waals surface area contributed by atoms with E-state index in [0.717, 1.165) is 12.6 Å². The highest BCUT2D eigenvalue weighted by Gasteiger charge is 2.50. The van der Waals surface area contributed by atoms with E-state index in [2.05, 4.69) is 10.6 Å². The number of esters is 1. The number of methoxy groups -OCH3 is 2. The predicted octanol–water partition coefficient (Wildman–Crippen LogP) is 5.15. The lowest BCUT2D eigenvalue weighted by Crippen LogP contribution is -2.56. The maximum Gasteiger partial charge on any atom is 0.471 e. The number of carbonyl (C=O) groups is 4. The van der Waals surface area contributed by atoms with Crippen molar-refractivity contribution < 1.29 is 51.0 Å². The SMILES string of the molecule is COC(=O)c1ccc(OC[N+]2(C(=O)Cc3ccc(NC(=O)Nc4ccccc4C)c(OC)c3)CCC(N(C)C(=O)C(F)(F)F)C2)cc1. The Morgan fingerprint density at radius 2 is 1.64 bits per heavy atom. The summed E-state index contributed by atoms with van der Waals surface area (Å²) in [5.74, 6) is -2.27. The van der Waals surface area contributed by atoms with E-state index in [4.69, 9.17) is 14.2 Å². The molecule has 4 rings (SSSR count). The molecule has 3 aromatic rings. The van der Waals surface area contributed by atoms with Gasteiger partial charge in [0, 0.05) is 19.2 Å². The molecular formula is C33H36F3N4O7+. The van der Waals surface area contributed by atoms with E-state index in [1.165, 1.54) is 38.5 Å². The van der Waals surface area contributed by atoms with Gasteiger partial charge in [-0.2, -0.15) is 13.2 Å². The average molecular weight is 658 g/mol. The number of hydrogen-bond donors (Lipinski definition) is 2. The number of likely N-dealkylation sites (tertiary alicyclic amines) is 1. The summed E-state index contributed by atoms with van der Waals surface area (Å²) in [6, 6.07) is 16.7. The van der Waals surface area contributed by atoms with Crippen molar-refractivity contribution in [3.8, 4) is 11.5 Å². The minimum Gasteiger partial charge on any atom is -0.495 e. The Morgan fingerprint density at radius 3 is 2.28 bits per heavy atom. The van der Waals surface area contributed by atoms with Crippen molar-refractivity contribution in [2.45, 2.75) is 32.0 Å². The van der Waals surface area contributed by atoms with Gasteiger partial charge in [-0.15, -0.1) is 0 Å². The third-order valence-corrected chi connectivity index (χ3v) is 8.11. The lowest BCUT2D eigenvalue weighted by molar-refractivity contribution is -0.859. The van der Waals surface area contributed by atoms with E-state index in [1.807, 2.05) is 19.1 Å². The van der Waals surface area contributed by atoms with Crippen LogP contribution in [0.1, 0.15) is 27.9 Å². The largest absolute Gasteiger partial charge is 0.495 e. The lowest BCUT2D eigenvalue weighted by atomic mass is 10.1. The molecule has 250 valence electrons. The van der Waals surface area contributed by atoms with Crippen LogP contribution in [0.15, 0.2) is 66.7 Å².